The van der Waals surface area contributed by atoms with Crippen molar-refractivity contribution in [3.63, 3.8) is 0 Å². The molecule has 4 nitrogen and oxygen atoms in total. The Labute approximate surface area is 124 Å². The maximum atomic E-state index is 12.8. The number of halogens is 3. The molecule has 0 saturated carbocycles. The molecule has 0 spiro atoms. The van der Waals surface area contributed by atoms with Crippen LogP contribution in [0, 0.1) is 0 Å². The van der Waals surface area contributed by atoms with Gasteiger partial charge in [0.05, 0.1) is 18.4 Å². The highest BCUT2D eigenvalue weighted by molar-refractivity contribution is 6.00. The molecule has 0 aromatic heterocycles. The molecule has 0 atom stereocenters. The van der Waals surface area contributed by atoms with Crippen LogP contribution in [0.1, 0.15) is 5.56 Å². The van der Waals surface area contributed by atoms with Gasteiger partial charge in [0.1, 0.15) is 5.75 Å². The third-order valence-electron chi connectivity index (χ3n) is 2.83. The van der Waals surface area contributed by atoms with E-state index in [0.29, 0.717) is 11.4 Å². The van der Waals surface area contributed by atoms with Gasteiger partial charge in [0.25, 0.3) is 0 Å². The molecule has 2 rings (SSSR count). The van der Waals surface area contributed by atoms with Crippen LogP contribution in [0.4, 0.5) is 29.3 Å². The van der Waals surface area contributed by atoms with Crippen molar-refractivity contribution in [2.45, 2.75) is 6.18 Å². The molecule has 0 aliphatic rings. The molecule has 0 aliphatic carbocycles. The largest absolute Gasteiger partial charge is 0.497 e. The summed E-state index contributed by atoms with van der Waals surface area (Å²) in [6.07, 6.45) is -4.54. The van der Waals surface area contributed by atoms with Gasteiger partial charge in [0, 0.05) is 5.69 Å². The highest BCUT2D eigenvalue weighted by Crippen LogP contribution is 2.34. The fourth-order valence-electron chi connectivity index (χ4n) is 1.80. The second-order valence-corrected chi connectivity index (χ2v) is 4.35. The van der Waals surface area contributed by atoms with Crippen LogP contribution in [0.2, 0.25) is 0 Å². The second kappa shape index (κ2) is 6.38. The zero-order valence-corrected chi connectivity index (χ0v) is 11.6. The van der Waals surface area contributed by atoms with Gasteiger partial charge in [-0.15, -0.1) is 0 Å². The number of hydrogen-bond donors (Lipinski definition) is 2. The predicted octanol–water partition coefficient (Wildman–Crippen LogP) is 4.36. The first-order chi connectivity index (χ1) is 10.4. The molecular formula is C15H13F3N2O2. The van der Waals surface area contributed by atoms with Crippen molar-refractivity contribution in [1.82, 2.24) is 0 Å². The molecule has 2 aromatic rings. The van der Waals surface area contributed by atoms with Crippen LogP contribution in [-0.4, -0.2) is 13.1 Å². The molecule has 0 fully saturated rings. The minimum Gasteiger partial charge on any atom is -0.497 e. The molecular weight excluding hydrogens is 297 g/mol. The first kappa shape index (κ1) is 15.7. The molecule has 0 unspecified atom stereocenters. The van der Waals surface area contributed by atoms with Crippen molar-refractivity contribution in [2.75, 3.05) is 17.7 Å². The van der Waals surface area contributed by atoms with Crippen LogP contribution in [0.25, 0.3) is 0 Å². The van der Waals surface area contributed by atoms with E-state index in [4.69, 9.17) is 4.74 Å². The summed E-state index contributed by atoms with van der Waals surface area (Å²) in [5, 5.41) is 4.64. The summed E-state index contributed by atoms with van der Waals surface area (Å²) in [5.74, 6) is 0.605. The highest BCUT2D eigenvalue weighted by atomic mass is 19.4. The lowest BCUT2D eigenvalue weighted by Gasteiger charge is -2.14. The quantitative estimate of drug-likeness (QED) is 0.885. The van der Waals surface area contributed by atoms with Crippen LogP contribution in [0.3, 0.4) is 0 Å². The van der Waals surface area contributed by atoms with Crippen molar-refractivity contribution in [2.24, 2.45) is 0 Å². The van der Waals surface area contributed by atoms with E-state index in [1.54, 1.807) is 24.3 Å². The smallest absolute Gasteiger partial charge is 0.418 e. The van der Waals surface area contributed by atoms with Crippen molar-refractivity contribution >= 4 is 17.4 Å². The van der Waals surface area contributed by atoms with Gasteiger partial charge < -0.3 is 15.4 Å². The highest BCUT2D eigenvalue weighted by Gasteiger charge is 2.33. The first-order valence-corrected chi connectivity index (χ1v) is 6.28. The van der Waals surface area contributed by atoms with Gasteiger partial charge >= 0.3 is 12.2 Å². The third-order valence-corrected chi connectivity index (χ3v) is 2.83. The van der Waals surface area contributed by atoms with E-state index < -0.39 is 17.8 Å². The lowest BCUT2D eigenvalue weighted by Crippen LogP contribution is -2.21. The topological polar surface area (TPSA) is 50.4 Å². The normalized spacial score (nSPS) is 10.9. The zero-order valence-electron chi connectivity index (χ0n) is 11.6. The number of anilines is 2. The van der Waals surface area contributed by atoms with Gasteiger partial charge in [-0.05, 0) is 36.4 Å². The van der Waals surface area contributed by atoms with Crippen LogP contribution in [0.15, 0.2) is 48.5 Å². The van der Waals surface area contributed by atoms with Gasteiger partial charge in [-0.3, -0.25) is 0 Å². The summed E-state index contributed by atoms with van der Waals surface area (Å²) in [5.41, 5.74) is -0.774. The minimum atomic E-state index is -4.54. The average molecular weight is 310 g/mol. The van der Waals surface area contributed by atoms with Crippen molar-refractivity contribution < 1.29 is 22.7 Å². The van der Waals surface area contributed by atoms with E-state index in [-0.39, 0.29) is 5.69 Å². The van der Waals surface area contributed by atoms with Crippen LogP contribution < -0.4 is 15.4 Å². The van der Waals surface area contributed by atoms with E-state index >= 15 is 0 Å². The van der Waals surface area contributed by atoms with E-state index in [1.807, 2.05) is 0 Å². The molecule has 2 amide bonds. The third kappa shape index (κ3) is 3.91. The van der Waals surface area contributed by atoms with Gasteiger partial charge in [-0.2, -0.15) is 13.2 Å². The molecule has 0 aliphatic heterocycles. The van der Waals surface area contributed by atoms with E-state index in [9.17, 15) is 18.0 Å². The fourth-order valence-corrected chi connectivity index (χ4v) is 1.80. The number of amides is 2. The van der Waals surface area contributed by atoms with Crippen molar-refractivity contribution in [1.29, 1.82) is 0 Å². The van der Waals surface area contributed by atoms with Crippen LogP contribution in [-0.2, 0) is 6.18 Å². The Morgan fingerprint density at radius 1 is 1.00 bits per heavy atom. The van der Waals surface area contributed by atoms with Gasteiger partial charge in [0.2, 0.25) is 0 Å². The Bertz CT molecular complexity index is 655. The maximum Gasteiger partial charge on any atom is 0.418 e. The summed E-state index contributed by atoms with van der Waals surface area (Å²) in [6.45, 7) is 0. The predicted molar refractivity (Wildman–Crippen MR) is 77.1 cm³/mol. The number of benzene rings is 2. The Balaban J connectivity index is 2.09. The molecule has 2 aromatic carbocycles. The summed E-state index contributed by atoms with van der Waals surface area (Å²) >= 11 is 0. The Kier molecular flexibility index (Phi) is 4.55. The average Bonchev–Trinajstić information content (AvgIpc) is 2.47. The van der Waals surface area contributed by atoms with E-state index in [0.717, 1.165) is 6.07 Å². The number of hydrogen-bond acceptors (Lipinski definition) is 2. The van der Waals surface area contributed by atoms with Crippen molar-refractivity contribution in [3.05, 3.63) is 54.1 Å². The fraction of sp³-hybridized carbons (Fsp3) is 0.133. The molecule has 7 heteroatoms. The molecule has 0 saturated heterocycles. The number of carbonyl (C=O) groups is 1. The lowest BCUT2D eigenvalue weighted by molar-refractivity contribution is -0.136. The maximum absolute atomic E-state index is 12.8. The molecule has 0 bridgehead atoms. The molecule has 0 heterocycles. The van der Waals surface area contributed by atoms with Crippen LogP contribution >= 0.6 is 0 Å². The SMILES string of the molecule is COc1ccc(NC(=O)Nc2ccccc2C(F)(F)F)cc1. The van der Waals surface area contributed by atoms with E-state index in [2.05, 4.69) is 10.6 Å². The summed E-state index contributed by atoms with van der Waals surface area (Å²) in [4.78, 5) is 11.8. The zero-order chi connectivity index (χ0) is 16.2. The second-order valence-electron chi connectivity index (χ2n) is 4.35. The monoisotopic (exact) mass is 310 g/mol. The first-order valence-electron chi connectivity index (χ1n) is 6.28. The van der Waals surface area contributed by atoms with Gasteiger partial charge in [-0.1, -0.05) is 12.1 Å². The number of methoxy groups -OCH3 is 1. The van der Waals surface area contributed by atoms with Crippen molar-refractivity contribution in [3.8, 4) is 5.75 Å². The molecule has 2 N–H and O–H groups in total. The van der Waals surface area contributed by atoms with Gasteiger partial charge in [-0.25, -0.2) is 4.79 Å². The molecule has 0 radical (unpaired) electrons. The van der Waals surface area contributed by atoms with Gasteiger partial charge in [0.15, 0.2) is 0 Å². The number of ether oxygens (including phenoxy) is 1. The summed E-state index contributed by atoms with van der Waals surface area (Å²) < 4.78 is 43.4. The standard InChI is InChI=1S/C15H13F3N2O2/c1-22-11-8-6-10(7-9-11)19-14(21)20-13-5-3-2-4-12(13)15(16,17)18/h2-9H,1H3,(H2,19,20,21). The Morgan fingerprint density at radius 2 is 1.64 bits per heavy atom. The number of para-hydroxylation sites is 1. The van der Waals surface area contributed by atoms with Crippen LogP contribution in [0.5, 0.6) is 5.75 Å². The van der Waals surface area contributed by atoms with E-state index in [1.165, 1.54) is 25.3 Å². The Morgan fingerprint density at radius 3 is 2.23 bits per heavy atom. The number of urea groups is 1. The summed E-state index contributed by atoms with van der Waals surface area (Å²) in [6, 6.07) is 10.4. The number of alkyl halides is 3. The molecule has 22 heavy (non-hydrogen) atoms. The summed E-state index contributed by atoms with van der Waals surface area (Å²) in [7, 11) is 1.50. The minimum absolute atomic E-state index is 0.305. The number of nitrogens with one attached hydrogen (secondary N) is 2. The lowest BCUT2D eigenvalue weighted by atomic mass is 10.1. The number of rotatable bonds is 3. The number of carbonyl (C=O) groups excluding carboxylic acids is 1. The Hall–Kier alpha value is -2.70. The molecule has 116 valence electrons.